The summed E-state index contributed by atoms with van der Waals surface area (Å²) in [6.45, 7) is 7.12. The van der Waals surface area contributed by atoms with Crippen molar-refractivity contribution in [1.29, 1.82) is 0 Å². The van der Waals surface area contributed by atoms with Crippen molar-refractivity contribution in [2.24, 2.45) is 5.11 Å². The van der Waals surface area contributed by atoms with Gasteiger partial charge in [-0.25, -0.2) is 4.79 Å². The molecule has 6 heteroatoms. The number of likely N-dealkylation sites (N-methyl/N-ethyl adjacent to an activating group) is 1. The maximum atomic E-state index is 11.7. The first-order valence-electron chi connectivity index (χ1n) is 6.25. The van der Waals surface area contributed by atoms with Gasteiger partial charge in [0, 0.05) is 17.1 Å². The van der Waals surface area contributed by atoms with Gasteiger partial charge in [0.15, 0.2) is 0 Å². The molecule has 0 fully saturated rings. The second kappa shape index (κ2) is 8.13. The number of benzene rings is 1. The predicted molar refractivity (Wildman–Crippen MR) is 73.3 cm³/mol. The first-order chi connectivity index (χ1) is 9.21. The maximum absolute atomic E-state index is 11.7. The molecule has 0 aromatic heterocycles. The van der Waals surface area contributed by atoms with E-state index in [0.717, 1.165) is 19.6 Å². The number of carbonyl (C=O) groups excluding carboxylic acids is 1. The van der Waals surface area contributed by atoms with Gasteiger partial charge in [-0.05, 0) is 30.8 Å². The molecule has 1 aromatic carbocycles. The van der Waals surface area contributed by atoms with Gasteiger partial charge in [0.1, 0.15) is 6.61 Å². The van der Waals surface area contributed by atoms with Crippen molar-refractivity contribution in [1.82, 2.24) is 4.90 Å². The van der Waals surface area contributed by atoms with Crippen LogP contribution in [0.15, 0.2) is 29.4 Å². The van der Waals surface area contributed by atoms with E-state index >= 15 is 0 Å². The first-order valence-corrected chi connectivity index (χ1v) is 6.25. The average molecular weight is 262 g/mol. The lowest BCUT2D eigenvalue weighted by molar-refractivity contribution is 0.0466. The second-order valence-corrected chi connectivity index (χ2v) is 3.90. The summed E-state index contributed by atoms with van der Waals surface area (Å²) in [6, 6.07) is 6.34. The summed E-state index contributed by atoms with van der Waals surface area (Å²) in [4.78, 5) is 16.6. The molecule has 0 spiro atoms. The van der Waals surface area contributed by atoms with Crippen LogP contribution in [0.5, 0.6) is 0 Å². The minimum atomic E-state index is -0.361. The molecular weight excluding hydrogens is 244 g/mol. The fourth-order valence-electron chi connectivity index (χ4n) is 1.61. The minimum Gasteiger partial charge on any atom is -0.461 e. The Bertz CT molecular complexity index is 448. The van der Waals surface area contributed by atoms with Crippen LogP contribution in [0.1, 0.15) is 24.2 Å². The van der Waals surface area contributed by atoms with Gasteiger partial charge in [-0.3, -0.25) is 0 Å². The molecule has 0 N–H and O–H groups in total. The second-order valence-electron chi connectivity index (χ2n) is 3.90. The lowest BCUT2D eigenvalue weighted by Gasteiger charge is -2.17. The molecule has 0 amide bonds. The van der Waals surface area contributed by atoms with Crippen LogP contribution in [-0.2, 0) is 4.74 Å². The van der Waals surface area contributed by atoms with E-state index < -0.39 is 0 Å². The molecule has 0 saturated carbocycles. The topological polar surface area (TPSA) is 78.3 Å². The number of azide groups is 1. The standard InChI is InChI=1S/C13H18N4O2/c1-3-17(4-2)9-10-19-13(18)11-5-7-12(8-6-11)15-16-14/h5-8H,3-4,9-10H2,1-2H3. The predicted octanol–water partition coefficient (Wildman–Crippen LogP) is 3.13. The Morgan fingerprint density at radius 2 is 1.95 bits per heavy atom. The zero-order valence-corrected chi connectivity index (χ0v) is 11.2. The molecular formula is C13H18N4O2. The number of esters is 1. The van der Waals surface area contributed by atoms with Crippen LogP contribution in [0, 0.1) is 0 Å². The van der Waals surface area contributed by atoms with E-state index in [1.54, 1.807) is 24.3 Å². The molecule has 1 aromatic rings. The zero-order chi connectivity index (χ0) is 14.1. The van der Waals surface area contributed by atoms with Gasteiger partial charge in [-0.1, -0.05) is 31.1 Å². The monoisotopic (exact) mass is 262 g/mol. The third-order valence-corrected chi connectivity index (χ3v) is 2.80. The number of hydrogen-bond acceptors (Lipinski definition) is 4. The number of rotatable bonds is 7. The van der Waals surface area contributed by atoms with Crippen molar-refractivity contribution in [3.8, 4) is 0 Å². The Hall–Kier alpha value is -2.04. The summed E-state index contributed by atoms with van der Waals surface area (Å²) in [5.41, 5.74) is 9.20. The fraction of sp³-hybridized carbons (Fsp3) is 0.462. The van der Waals surface area contributed by atoms with Crippen LogP contribution in [0.4, 0.5) is 5.69 Å². The van der Waals surface area contributed by atoms with Crippen LogP contribution in [0.2, 0.25) is 0 Å². The highest BCUT2D eigenvalue weighted by Gasteiger charge is 2.07. The Labute approximate surface area is 112 Å². The molecule has 0 aliphatic carbocycles. The van der Waals surface area contributed by atoms with Gasteiger partial charge in [-0.15, -0.1) is 0 Å². The molecule has 19 heavy (non-hydrogen) atoms. The first kappa shape index (κ1) is 15.0. The molecule has 6 nitrogen and oxygen atoms in total. The molecule has 0 heterocycles. The van der Waals surface area contributed by atoms with Crippen LogP contribution in [-0.4, -0.2) is 37.1 Å². The van der Waals surface area contributed by atoms with Crippen LogP contribution < -0.4 is 0 Å². The van der Waals surface area contributed by atoms with E-state index in [-0.39, 0.29) is 5.97 Å². The Balaban J connectivity index is 2.47. The van der Waals surface area contributed by atoms with Gasteiger partial charge in [0.25, 0.3) is 0 Å². The van der Waals surface area contributed by atoms with Gasteiger partial charge < -0.3 is 9.64 Å². The number of hydrogen-bond donors (Lipinski definition) is 0. The van der Waals surface area contributed by atoms with E-state index in [2.05, 4.69) is 28.8 Å². The van der Waals surface area contributed by atoms with Crippen LogP contribution in [0.25, 0.3) is 10.4 Å². The lowest BCUT2D eigenvalue weighted by Crippen LogP contribution is -2.27. The molecule has 102 valence electrons. The largest absolute Gasteiger partial charge is 0.461 e. The fourth-order valence-corrected chi connectivity index (χ4v) is 1.61. The summed E-state index contributed by atoms with van der Waals surface area (Å²) < 4.78 is 5.18. The highest BCUT2D eigenvalue weighted by Crippen LogP contribution is 2.13. The van der Waals surface area contributed by atoms with Crippen molar-refractivity contribution in [2.45, 2.75) is 13.8 Å². The van der Waals surface area contributed by atoms with E-state index in [0.29, 0.717) is 17.9 Å². The Morgan fingerprint density at radius 3 is 2.47 bits per heavy atom. The van der Waals surface area contributed by atoms with E-state index in [4.69, 9.17) is 10.3 Å². The number of carbonyl (C=O) groups is 1. The summed E-state index contributed by atoms with van der Waals surface area (Å²) in [5.74, 6) is -0.361. The SMILES string of the molecule is CCN(CC)CCOC(=O)c1ccc(N=[N+]=[N-])cc1. The van der Waals surface area contributed by atoms with Crippen molar-refractivity contribution in [2.75, 3.05) is 26.2 Å². The molecule has 0 aliphatic heterocycles. The summed E-state index contributed by atoms with van der Waals surface area (Å²) in [6.07, 6.45) is 0. The summed E-state index contributed by atoms with van der Waals surface area (Å²) in [5, 5.41) is 3.44. The van der Waals surface area contributed by atoms with Gasteiger partial charge in [0.2, 0.25) is 0 Å². The van der Waals surface area contributed by atoms with Crippen molar-refractivity contribution in [3.05, 3.63) is 40.3 Å². The smallest absolute Gasteiger partial charge is 0.338 e. The average Bonchev–Trinajstić information content (AvgIpc) is 2.44. The van der Waals surface area contributed by atoms with Crippen molar-refractivity contribution in [3.63, 3.8) is 0 Å². The highest BCUT2D eigenvalue weighted by molar-refractivity contribution is 5.89. The summed E-state index contributed by atoms with van der Waals surface area (Å²) in [7, 11) is 0. The molecule has 0 bridgehead atoms. The Kier molecular flexibility index (Phi) is 6.43. The number of nitrogens with zero attached hydrogens (tertiary/aromatic N) is 4. The van der Waals surface area contributed by atoms with Gasteiger partial charge in [-0.2, -0.15) is 0 Å². The molecule has 0 aliphatic rings. The lowest BCUT2D eigenvalue weighted by atomic mass is 10.2. The van der Waals surface area contributed by atoms with E-state index in [9.17, 15) is 4.79 Å². The molecule has 0 radical (unpaired) electrons. The van der Waals surface area contributed by atoms with Gasteiger partial charge in [0.05, 0.1) is 5.56 Å². The van der Waals surface area contributed by atoms with Crippen LogP contribution in [0.3, 0.4) is 0 Å². The maximum Gasteiger partial charge on any atom is 0.338 e. The zero-order valence-electron chi connectivity index (χ0n) is 11.2. The number of ether oxygens (including phenoxy) is 1. The quantitative estimate of drug-likeness (QED) is 0.328. The third kappa shape index (κ3) is 4.99. The normalized spacial score (nSPS) is 10.1. The molecule has 0 atom stereocenters. The van der Waals surface area contributed by atoms with Crippen molar-refractivity contribution < 1.29 is 9.53 Å². The van der Waals surface area contributed by atoms with E-state index in [1.165, 1.54) is 0 Å². The van der Waals surface area contributed by atoms with Crippen LogP contribution >= 0.6 is 0 Å². The van der Waals surface area contributed by atoms with Crippen molar-refractivity contribution >= 4 is 11.7 Å². The minimum absolute atomic E-state index is 0.361. The molecule has 0 unspecified atom stereocenters. The Morgan fingerprint density at radius 1 is 1.32 bits per heavy atom. The molecule has 0 saturated heterocycles. The van der Waals surface area contributed by atoms with Gasteiger partial charge >= 0.3 is 5.97 Å². The third-order valence-electron chi connectivity index (χ3n) is 2.80. The highest BCUT2D eigenvalue weighted by atomic mass is 16.5. The summed E-state index contributed by atoms with van der Waals surface area (Å²) >= 11 is 0. The molecule has 1 rings (SSSR count). The van der Waals surface area contributed by atoms with E-state index in [1.807, 2.05) is 0 Å².